The first kappa shape index (κ1) is 25.0. The summed E-state index contributed by atoms with van der Waals surface area (Å²) < 4.78 is 44.2. The molecule has 0 bridgehead atoms. The summed E-state index contributed by atoms with van der Waals surface area (Å²) in [5.41, 5.74) is 3.44. The number of anilines is 2. The fourth-order valence-corrected chi connectivity index (χ4v) is 5.05. The maximum atomic E-state index is 15.1. The van der Waals surface area contributed by atoms with Crippen LogP contribution in [-0.4, -0.2) is 17.0 Å². The van der Waals surface area contributed by atoms with Crippen LogP contribution in [0.4, 0.5) is 24.7 Å². The van der Waals surface area contributed by atoms with Crippen molar-refractivity contribution in [3.8, 4) is 0 Å². The van der Waals surface area contributed by atoms with Crippen molar-refractivity contribution >= 4 is 22.4 Å². The van der Waals surface area contributed by atoms with Gasteiger partial charge in [0, 0.05) is 47.3 Å². The number of hydrogen-bond donors (Lipinski definition) is 1. The average molecular weight is 483 g/mol. The smallest absolute Gasteiger partial charge is 0.278 e. The summed E-state index contributed by atoms with van der Waals surface area (Å²) >= 11 is 0. The number of nitrogens with zero attached hydrogens (tertiary/aromatic N) is 3. The molecule has 1 unspecified atom stereocenters. The Morgan fingerprint density at radius 3 is 2.57 bits per heavy atom. The van der Waals surface area contributed by atoms with Gasteiger partial charge in [-0.1, -0.05) is 52.0 Å². The second-order valence-corrected chi connectivity index (χ2v) is 10.0. The number of hydrogen-bond acceptors (Lipinski definition) is 4. The SMILES string of the molecule is C=C1N(C)c2cc3c(NCc4cccc(C(F)(F)C(C)C)c4F)nc(C)nc3cc2C1(C)CCC. The van der Waals surface area contributed by atoms with Gasteiger partial charge in [-0.3, -0.25) is 0 Å². The highest BCUT2D eigenvalue weighted by Crippen LogP contribution is 2.50. The molecule has 1 N–H and O–H groups in total. The Morgan fingerprint density at radius 1 is 1.20 bits per heavy atom. The van der Waals surface area contributed by atoms with Crippen molar-refractivity contribution < 1.29 is 13.2 Å². The summed E-state index contributed by atoms with van der Waals surface area (Å²) in [6, 6.07) is 8.28. The van der Waals surface area contributed by atoms with E-state index in [1.165, 1.54) is 31.5 Å². The lowest BCUT2D eigenvalue weighted by atomic mass is 9.78. The number of rotatable bonds is 7. The Kier molecular flexibility index (Phi) is 6.32. The van der Waals surface area contributed by atoms with Crippen LogP contribution in [0.25, 0.3) is 10.9 Å². The summed E-state index contributed by atoms with van der Waals surface area (Å²) in [6.45, 7) is 13.3. The normalized spacial score (nSPS) is 18.0. The van der Waals surface area contributed by atoms with E-state index in [9.17, 15) is 8.78 Å². The van der Waals surface area contributed by atoms with Gasteiger partial charge in [-0.25, -0.2) is 23.1 Å². The van der Waals surface area contributed by atoms with Crippen molar-refractivity contribution in [1.82, 2.24) is 9.97 Å². The molecule has 0 radical (unpaired) electrons. The molecule has 1 atom stereocenters. The second kappa shape index (κ2) is 8.85. The minimum atomic E-state index is -3.25. The lowest BCUT2D eigenvalue weighted by Gasteiger charge is -2.27. The van der Waals surface area contributed by atoms with Crippen molar-refractivity contribution in [2.45, 2.75) is 65.3 Å². The van der Waals surface area contributed by atoms with E-state index >= 15 is 4.39 Å². The zero-order valence-corrected chi connectivity index (χ0v) is 21.3. The molecule has 1 aromatic heterocycles. The summed E-state index contributed by atoms with van der Waals surface area (Å²) in [7, 11) is 2.01. The summed E-state index contributed by atoms with van der Waals surface area (Å²) in [5, 5.41) is 3.97. The highest BCUT2D eigenvalue weighted by atomic mass is 19.3. The fraction of sp³-hybridized carbons (Fsp3) is 0.429. The van der Waals surface area contributed by atoms with E-state index < -0.39 is 23.2 Å². The van der Waals surface area contributed by atoms with Crippen LogP contribution in [0.3, 0.4) is 0 Å². The molecule has 0 spiro atoms. The standard InChI is InChI=1S/C28H33F3N4/c1-8-12-27(6)17(4)35(7)24-13-20-23(14-22(24)27)33-18(5)34-26(20)32-15-19-10-9-11-21(25(19)29)28(30,31)16(2)3/h9-11,13-14,16H,4,8,12,15H2,1-3,5-7H3,(H,32,33,34). The number of alkyl halides is 2. The molecule has 35 heavy (non-hydrogen) atoms. The van der Waals surface area contributed by atoms with Gasteiger partial charge in [-0.05, 0) is 38.0 Å². The van der Waals surface area contributed by atoms with Gasteiger partial charge in [-0.2, -0.15) is 0 Å². The molecule has 0 fully saturated rings. The third-order valence-electron chi connectivity index (χ3n) is 7.28. The van der Waals surface area contributed by atoms with Crippen molar-refractivity contribution in [3.05, 3.63) is 70.9 Å². The van der Waals surface area contributed by atoms with Crippen LogP contribution < -0.4 is 10.2 Å². The number of fused-ring (bicyclic) bond motifs is 2. The minimum Gasteiger partial charge on any atom is -0.365 e. The van der Waals surface area contributed by atoms with E-state index in [1.807, 2.05) is 13.1 Å². The first-order valence-corrected chi connectivity index (χ1v) is 12.1. The molecule has 1 aliphatic heterocycles. The Labute approximate surface area is 205 Å². The number of halogens is 3. The van der Waals surface area contributed by atoms with E-state index in [-0.39, 0.29) is 17.5 Å². The highest BCUT2D eigenvalue weighted by Gasteiger charge is 2.41. The molecule has 2 heterocycles. The van der Waals surface area contributed by atoms with E-state index in [2.05, 4.69) is 46.7 Å². The largest absolute Gasteiger partial charge is 0.365 e. The number of nitrogens with one attached hydrogen (secondary N) is 1. The maximum Gasteiger partial charge on any atom is 0.278 e. The first-order valence-electron chi connectivity index (χ1n) is 12.1. The topological polar surface area (TPSA) is 41.0 Å². The van der Waals surface area contributed by atoms with Gasteiger partial charge in [0.1, 0.15) is 17.5 Å². The molecule has 0 aliphatic carbocycles. The van der Waals surface area contributed by atoms with Crippen LogP contribution in [0.15, 0.2) is 42.6 Å². The van der Waals surface area contributed by atoms with Crippen molar-refractivity contribution in [1.29, 1.82) is 0 Å². The predicted octanol–water partition coefficient (Wildman–Crippen LogP) is 7.46. The van der Waals surface area contributed by atoms with Gasteiger partial charge < -0.3 is 10.2 Å². The number of allylic oxidation sites excluding steroid dienone is 1. The average Bonchev–Trinajstić information content (AvgIpc) is 2.97. The van der Waals surface area contributed by atoms with Gasteiger partial charge in [0.15, 0.2) is 0 Å². The molecular formula is C28H33F3N4. The summed E-state index contributed by atoms with van der Waals surface area (Å²) in [6.07, 6.45) is 2.00. The molecule has 4 rings (SSSR count). The molecule has 4 nitrogen and oxygen atoms in total. The molecule has 2 aromatic carbocycles. The Balaban J connectivity index is 1.74. The quantitative estimate of drug-likeness (QED) is 0.379. The number of aryl methyl sites for hydroxylation is 1. The van der Waals surface area contributed by atoms with Crippen LogP contribution in [0.2, 0.25) is 0 Å². The summed E-state index contributed by atoms with van der Waals surface area (Å²) in [5.74, 6) is -4.04. The maximum absolute atomic E-state index is 15.1. The highest BCUT2D eigenvalue weighted by molar-refractivity contribution is 5.95. The Bertz CT molecular complexity index is 1300. The van der Waals surface area contributed by atoms with Gasteiger partial charge in [-0.15, -0.1) is 0 Å². The van der Waals surface area contributed by atoms with Crippen LogP contribution in [0, 0.1) is 18.7 Å². The van der Waals surface area contributed by atoms with Crippen LogP contribution in [-0.2, 0) is 17.9 Å². The van der Waals surface area contributed by atoms with Gasteiger partial charge >= 0.3 is 0 Å². The van der Waals surface area contributed by atoms with E-state index in [1.54, 1.807) is 6.92 Å². The number of aromatic nitrogens is 2. The Hall–Kier alpha value is -3.09. The first-order chi connectivity index (χ1) is 16.4. The lowest BCUT2D eigenvalue weighted by molar-refractivity contribution is -0.0544. The van der Waals surface area contributed by atoms with Gasteiger partial charge in [0.25, 0.3) is 5.92 Å². The molecule has 186 valence electrons. The molecule has 3 aromatic rings. The van der Waals surface area contributed by atoms with Crippen molar-refractivity contribution in [3.63, 3.8) is 0 Å². The van der Waals surface area contributed by atoms with Crippen molar-refractivity contribution in [2.24, 2.45) is 5.92 Å². The zero-order valence-electron chi connectivity index (χ0n) is 21.3. The molecule has 0 saturated heterocycles. The molecule has 0 amide bonds. The van der Waals surface area contributed by atoms with E-state index in [0.717, 1.165) is 41.2 Å². The predicted molar refractivity (Wildman–Crippen MR) is 137 cm³/mol. The Morgan fingerprint density at radius 2 is 1.91 bits per heavy atom. The summed E-state index contributed by atoms with van der Waals surface area (Å²) in [4.78, 5) is 11.3. The number of likely N-dealkylation sites (N-methyl/N-ethyl adjacent to an activating group) is 1. The van der Waals surface area contributed by atoms with E-state index in [4.69, 9.17) is 0 Å². The van der Waals surface area contributed by atoms with Gasteiger partial charge in [0.2, 0.25) is 0 Å². The second-order valence-electron chi connectivity index (χ2n) is 10.0. The van der Waals surface area contributed by atoms with Crippen molar-refractivity contribution in [2.75, 3.05) is 17.3 Å². The third kappa shape index (κ3) is 4.05. The molecule has 7 heteroatoms. The van der Waals surface area contributed by atoms with Gasteiger partial charge in [0.05, 0.1) is 11.1 Å². The van der Waals surface area contributed by atoms with Crippen LogP contribution >= 0.6 is 0 Å². The number of benzene rings is 2. The molecule has 0 saturated carbocycles. The van der Waals surface area contributed by atoms with E-state index in [0.29, 0.717) is 11.6 Å². The fourth-order valence-electron chi connectivity index (χ4n) is 5.05. The van der Waals surface area contributed by atoms with Crippen LogP contribution in [0.5, 0.6) is 0 Å². The van der Waals surface area contributed by atoms with Crippen LogP contribution in [0.1, 0.15) is 63.1 Å². The molecule has 1 aliphatic rings. The molecular weight excluding hydrogens is 449 g/mol. The monoisotopic (exact) mass is 482 g/mol. The lowest BCUT2D eigenvalue weighted by Crippen LogP contribution is -2.25. The third-order valence-corrected chi connectivity index (χ3v) is 7.28. The zero-order chi connectivity index (χ0) is 25.7. The minimum absolute atomic E-state index is 0.0204.